The van der Waals surface area contributed by atoms with Crippen molar-refractivity contribution in [3.8, 4) is 11.1 Å². The van der Waals surface area contributed by atoms with Crippen molar-refractivity contribution >= 4 is 23.2 Å². The van der Waals surface area contributed by atoms with Crippen LogP contribution >= 0.6 is 23.2 Å². The molecule has 0 aliphatic rings. The predicted molar refractivity (Wildman–Crippen MR) is 70.7 cm³/mol. The molecule has 117 valence electrons. The van der Waals surface area contributed by atoms with Gasteiger partial charge < -0.3 is 0 Å². The van der Waals surface area contributed by atoms with Crippen LogP contribution in [0.15, 0.2) is 30.3 Å². The molecule has 1 radical (unpaired) electrons. The highest BCUT2D eigenvalue weighted by atomic mass is 35.5. The zero-order valence-electron chi connectivity index (χ0n) is 10.4. The molecule has 0 unspecified atom stereocenters. The van der Waals surface area contributed by atoms with Crippen molar-refractivity contribution < 1.29 is 26.3 Å². The Labute approximate surface area is 131 Å². The van der Waals surface area contributed by atoms with Crippen LogP contribution in [0.25, 0.3) is 11.1 Å². The van der Waals surface area contributed by atoms with Crippen molar-refractivity contribution in [3.63, 3.8) is 0 Å². The van der Waals surface area contributed by atoms with E-state index in [1.54, 1.807) is 0 Å². The van der Waals surface area contributed by atoms with Crippen molar-refractivity contribution in [3.05, 3.63) is 57.6 Å². The summed E-state index contributed by atoms with van der Waals surface area (Å²) in [5.41, 5.74) is -3.23. The lowest BCUT2D eigenvalue weighted by atomic mass is 9.97. The maximum Gasteiger partial charge on any atom is 0.417 e. The fourth-order valence-electron chi connectivity index (χ4n) is 1.84. The SMILES string of the molecule is FC(F)(F)c1cc(Cl)cc(-c2cc(Cl)c[c]c2C(F)(F)F)c1. The molecular weight excluding hydrogens is 353 g/mol. The van der Waals surface area contributed by atoms with Gasteiger partial charge in [0, 0.05) is 10.0 Å². The third-order valence-corrected chi connectivity index (χ3v) is 3.16. The van der Waals surface area contributed by atoms with E-state index >= 15 is 0 Å². The first-order valence-electron chi connectivity index (χ1n) is 5.65. The van der Waals surface area contributed by atoms with Crippen LogP contribution in [0.2, 0.25) is 10.0 Å². The number of hydrogen-bond donors (Lipinski definition) is 0. The van der Waals surface area contributed by atoms with Gasteiger partial charge >= 0.3 is 12.4 Å². The molecule has 2 rings (SSSR count). The second kappa shape index (κ2) is 5.66. The molecule has 0 aromatic heterocycles. The van der Waals surface area contributed by atoms with Gasteiger partial charge in [0.2, 0.25) is 0 Å². The molecule has 2 aromatic carbocycles. The standard InChI is InChI=1S/C14H5Cl2F6/c15-9-1-2-12(14(20,21)22)11(6-9)7-3-8(13(17,18)19)5-10(16)4-7/h1,3-6H. The molecule has 2 aromatic rings. The Balaban J connectivity index is 2.72. The summed E-state index contributed by atoms with van der Waals surface area (Å²) in [4.78, 5) is 0. The fourth-order valence-corrected chi connectivity index (χ4v) is 2.24. The zero-order chi connectivity index (χ0) is 16.7. The third-order valence-electron chi connectivity index (χ3n) is 2.73. The normalized spacial score (nSPS) is 12.5. The van der Waals surface area contributed by atoms with E-state index in [-0.39, 0.29) is 15.6 Å². The first-order valence-corrected chi connectivity index (χ1v) is 6.40. The van der Waals surface area contributed by atoms with Crippen LogP contribution in [0.3, 0.4) is 0 Å². The van der Waals surface area contributed by atoms with Gasteiger partial charge in [0.1, 0.15) is 0 Å². The van der Waals surface area contributed by atoms with E-state index in [2.05, 4.69) is 0 Å². The van der Waals surface area contributed by atoms with E-state index in [1.807, 2.05) is 6.07 Å². The minimum absolute atomic E-state index is 0.0865. The fraction of sp³-hybridized carbons (Fsp3) is 0.143. The van der Waals surface area contributed by atoms with Crippen molar-refractivity contribution in [2.45, 2.75) is 12.4 Å². The van der Waals surface area contributed by atoms with Gasteiger partial charge in [0.25, 0.3) is 0 Å². The molecule has 8 heteroatoms. The summed E-state index contributed by atoms with van der Waals surface area (Å²) in [7, 11) is 0. The Morgan fingerprint density at radius 3 is 1.95 bits per heavy atom. The number of benzene rings is 2. The van der Waals surface area contributed by atoms with Gasteiger partial charge in [-0.2, -0.15) is 26.3 Å². The van der Waals surface area contributed by atoms with E-state index < -0.39 is 29.0 Å². The van der Waals surface area contributed by atoms with E-state index in [0.717, 1.165) is 18.2 Å². The van der Waals surface area contributed by atoms with Gasteiger partial charge in [-0.25, -0.2) is 0 Å². The number of halogens is 8. The lowest BCUT2D eigenvalue weighted by Gasteiger charge is -2.15. The molecule has 0 saturated carbocycles. The van der Waals surface area contributed by atoms with Crippen molar-refractivity contribution in [1.82, 2.24) is 0 Å². The average Bonchev–Trinajstić information content (AvgIpc) is 2.35. The van der Waals surface area contributed by atoms with Gasteiger partial charge in [0.05, 0.1) is 11.1 Å². The van der Waals surface area contributed by atoms with Crippen LogP contribution in [0, 0.1) is 6.07 Å². The smallest absolute Gasteiger partial charge is 0.166 e. The molecule has 0 heterocycles. The van der Waals surface area contributed by atoms with Gasteiger partial charge in [-0.05, 0) is 47.5 Å². The van der Waals surface area contributed by atoms with Gasteiger partial charge in [-0.15, -0.1) is 0 Å². The lowest BCUT2D eigenvalue weighted by molar-refractivity contribution is -0.137. The average molecular weight is 358 g/mol. The Bertz CT molecular complexity index is 703. The van der Waals surface area contributed by atoms with E-state index in [4.69, 9.17) is 23.2 Å². The molecular formula is C14H5Cl2F6. The molecule has 0 nitrogen and oxygen atoms in total. The predicted octanol–water partition coefficient (Wildman–Crippen LogP) is 6.50. The van der Waals surface area contributed by atoms with Crippen molar-refractivity contribution in [1.29, 1.82) is 0 Å². The highest BCUT2D eigenvalue weighted by Gasteiger charge is 2.35. The van der Waals surface area contributed by atoms with Crippen molar-refractivity contribution in [2.75, 3.05) is 0 Å². The Hall–Kier alpha value is -1.40. The summed E-state index contributed by atoms with van der Waals surface area (Å²) < 4.78 is 77.2. The first kappa shape index (κ1) is 17.0. The Morgan fingerprint density at radius 1 is 0.773 bits per heavy atom. The molecule has 0 bridgehead atoms. The number of alkyl halides is 6. The first-order chi connectivity index (χ1) is 9.98. The second-order valence-electron chi connectivity index (χ2n) is 4.33. The molecule has 0 aliphatic carbocycles. The minimum atomic E-state index is -4.79. The van der Waals surface area contributed by atoms with Gasteiger partial charge in [-0.3, -0.25) is 0 Å². The molecule has 0 spiro atoms. The van der Waals surface area contributed by atoms with Crippen LogP contribution in [-0.2, 0) is 12.4 Å². The van der Waals surface area contributed by atoms with E-state index in [1.165, 1.54) is 0 Å². The molecule has 0 fully saturated rings. The molecule has 0 atom stereocenters. The largest absolute Gasteiger partial charge is 0.417 e. The monoisotopic (exact) mass is 357 g/mol. The van der Waals surface area contributed by atoms with Crippen LogP contribution in [0.1, 0.15) is 11.1 Å². The summed E-state index contributed by atoms with van der Waals surface area (Å²) in [5.74, 6) is 0. The van der Waals surface area contributed by atoms with E-state index in [9.17, 15) is 26.3 Å². The van der Waals surface area contributed by atoms with Crippen LogP contribution in [0.4, 0.5) is 26.3 Å². The highest BCUT2D eigenvalue weighted by Crippen LogP contribution is 2.41. The third kappa shape index (κ3) is 3.67. The summed E-state index contributed by atoms with van der Waals surface area (Å²) in [6.07, 6.45) is -9.53. The topological polar surface area (TPSA) is 0 Å². The molecule has 0 aliphatic heterocycles. The molecule has 0 saturated heterocycles. The molecule has 22 heavy (non-hydrogen) atoms. The molecule has 0 amide bonds. The maximum absolute atomic E-state index is 13.0. The summed E-state index contributed by atoms with van der Waals surface area (Å²) in [6.45, 7) is 0. The maximum atomic E-state index is 13.0. The van der Waals surface area contributed by atoms with Gasteiger partial charge in [0.15, 0.2) is 0 Å². The summed E-state index contributed by atoms with van der Waals surface area (Å²) in [6, 6.07) is 5.98. The van der Waals surface area contributed by atoms with Crippen LogP contribution in [-0.4, -0.2) is 0 Å². The number of rotatable bonds is 1. The van der Waals surface area contributed by atoms with Gasteiger partial charge in [-0.1, -0.05) is 23.2 Å². The highest BCUT2D eigenvalue weighted by molar-refractivity contribution is 6.31. The van der Waals surface area contributed by atoms with E-state index in [0.29, 0.717) is 12.1 Å². The number of hydrogen-bond acceptors (Lipinski definition) is 0. The Kier molecular flexibility index (Phi) is 4.37. The second-order valence-corrected chi connectivity index (χ2v) is 5.20. The minimum Gasteiger partial charge on any atom is -0.166 e. The summed E-state index contributed by atoms with van der Waals surface area (Å²) >= 11 is 11.2. The molecule has 0 N–H and O–H groups in total. The lowest BCUT2D eigenvalue weighted by Crippen LogP contribution is -2.08. The van der Waals surface area contributed by atoms with Crippen LogP contribution in [0.5, 0.6) is 0 Å². The summed E-state index contributed by atoms with van der Waals surface area (Å²) in [5, 5.41) is -0.422. The Morgan fingerprint density at radius 2 is 1.41 bits per heavy atom. The van der Waals surface area contributed by atoms with Crippen LogP contribution < -0.4 is 0 Å². The van der Waals surface area contributed by atoms with Crippen molar-refractivity contribution in [2.24, 2.45) is 0 Å². The zero-order valence-corrected chi connectivity index (χ0v) is 11.9. The quantitative estimate of drug-likeness (QED) is 0.511.